The number of anilines is 1. The van der Waals surface area contributed by atoms with E-state index in [2.05, 4.69) is 19.9 Å². The van der Waals surface area contributed by atoms with Gasteiger partial charge in [-0.25, -0.2) is 9.78 Å². The predicted molar refractivity (Wildman–Crippen MR) is 129 cm³/mol. The molecule has 3 atom stereocenters. The number of fused-ring (bicyclic) bond motifs is 1. The maximum atomic E-state index is 13.1. The van der Waals surface area contributed by atoms with Crippen molar-refractivity contribution < 1.29 is 17.9 Å². The number of nitrogens with zero attached hydrogens (tertiary/aromatic N) is 5. The number of halogens is 3. The minimum Gasteiger partial charge on any atom is -0.383 e. The van der Waals surface area contributed by atoms with Gasteiger partial charge in [-0.05, 0) is 43.2 Å². The van der Waals surface area contributed by atoms with E-state index in [1.54, 1.807) is 13.2 Å². The number of aromatic amines is 1. The number of alkyl halides is 3. The Balaban J connectivity index is 1.69. The number of nitrogens with one attached hydrogen (secondary N) is 1. The molecule has 11 heteroatoms. The number of pyridine rings is 1. The molecule has 1 saturated heterocycles. The Morgan fingerprint density at radius 1 is 1.19 bits per heavy atom. The van der Waals surface area contributed by atoms with E-state index < -0.39 is 17.4 Å². The lowest BCUT2D eigenvalue weighted by Crippen LogP contribution is -2.60. The van der Waals surface area contributed by atoms with Gasteiger partial charge in [-0.2, -0.15) is 23.4 Å². The Morgan fingerprint density at radius 2 is 1.92 bits per heavy atom. The molecule has 0 aliphatic carbocycles. The van der Waals surface area contributed by atoms with Crippen molar-refractivity contribution in [1.29, 1.82) is 5.26 Å². The van der Waals surface area contributed by atoms with Crippen molar-refractivity contribution in [2.45, 2.75) is 44.6 Å². The Labute approximate surface area is 206 Å². The third-order valence-corrected chi connectivity index (χ3v) is 6.60. The lowest BCUT2D eigenvalue weighted by Gasteiger charge is -2.48. The third kappa shape index (κ3) is 5.05. The van der Waals surface area contributed by atoms with Crippen LogP contribution in [-0.4, -0.2) is 58.7 Å². The molecule has 1 aromatic carbocycles. The van der Waals surface area contributed by atoms with Crippen LogP contribution in [0.4, 0.5) is 19.0 Å². The van der Waals surface area contributed by atoms with E-state index in [4.69, 9.17) is 4.74 Å². The maximum absolute atomic E-state index is 13.1. The molecule has 190 valence electrons. The Kier molecular flexibility index (Phi) is 7.28. The van der Waals surface area contributed by atoms with Crippen molar-refractivity contribution >= 4 is 16.9 Å². The van der Waals surface area contributed by atoms with E-state index in [1.807, 2.05) is 24.8 Å². The largest absolute Gasteiger partial charge is 0.416 e. The summed E-state index contributed by atoms with van der Waals surface area (Å²) in [7, 11) is 1.60. The lowest BCUT2D eigenvalue weighted by atomic mass is 9.96. The normalized spacial score (nSPS) is 19.9. The maximum Gasteiger partial charge on any atom is 0.416 e. The summed E-state index contributed by atoms with van der Waals surface area (Å²) in [6.45, 7) is 5.39. The third-order valence-electron chi connectivity index (χ3n) is 6.60. The summed E-state index contributed by atoms with van der Waals surface area (Å²) in [4.78, 5) is 27.8. The molecule has 3 heterocycles. The zero-order valence-corrected chi connectivity index (χ0v) is 20.2. The quantitative estimate of drug-likeness (QED) is 0.548. The first-order valence-electron chi connectivity index (χ1n) is 11.7. The van der Waals surface area contributed by atoms with Gasteiger partial charge in [0, 0.05) is 32.3 Å². The first-order chi connectivity index (χ1) is 17.2. The second-order valence-corrected chi connectivity index (χ2v) is 8.92. The van der Waals surface area contributed by atoms with Gasteiger partial charge >= 0.3 is 11.9 Å². The molecule has 4 rings (SSSR count). The molecule has 0 spiro atoms. The summed E-state index contributed by atoms with van der Waals surface area (Å²) in [6, 6.07) is 10.1. The van der Waals surface area contributed by atoms with E-state index >= 15 is 0 Å². The van der Waals surface area contributed by atoms with Crippen molar-refractivity contribution in [1.82, 2.24) is 19.9 Å². The van der Waals surface area contributed by atoms with E-state index in [0.717, 1.165) is 17.7 Å². The van der Waals surface area contributed by atoms with Crippen molar-refractivity contribution in [3.05, 3.63) is 63.7 Å². The molecule has 1 aliphatic heterocycles. The summed E-state index contributed by atoms with van der Waals surface area (Å²) in [6.07, 6.45) is -3.70. The fraction of sp³-hybridized carbons (Fsp3) is 0.440. The van der Waals surface area contributed by atoms with Crippen LogP contribution in [0.1, 0.15) is 43.1 Å². The molecule has 1 aliphatic rings. The van der Waals surface area contributed by atoms with E-state index in [0.29, 0.717) is 43.0 Å². The highest BCUT2D eigenvalue weighted by molar-refractivity contribution is 5.86. The molecule has 8 nitrogen and oxygen atoms in total. The van der Waals surface area contributed by atoms with E-state index in [9.17, 15) is 23.2 Å². The molecule has 0 radical (unpaired) electrons. The fourth-order valence-electron chi connectivity index (χ4n) is 4.92. The molecule has 3 aromatic rings. The Morgan fingerprint density at radius 3 is 2.53 bits per heavy atom. The number of H-pyrrole nitrogens is 1. The van der Waals surface area contributed by atoms with Crippen LogP contribution in [0.15, 0.2) is 41.2 Å². The zero-order valence-electron chi connectivity index (χ0n) is 20.2. The lowest BCUT2D eigenvalue weighted by molar-refractivity contribution is -0.137. The van der Waals surface area contributed by atoms with Gasteiger partial charge in [0.1, 0.15) is 17.3 Å². The van der Waals surface area contributed by atoms with Crippen LogP contribution < -0.4 is 10.6 Å². The zero-order chi connectivity index (χ0) is 26.0. The molecule has 2 unspecified atom stereocenters. The summed E-state index contributed by atoms with van der Waals surface area (Å²) < 4.78 is 44.7. The highest BCUT2D eigenvalue weighted by Gasteiger charge is 2.37. The standard InChI is InChI=1S/C25H27F3N6O2/c1-4-21(16-5-7-17(8-6-16)25(26,27)28)34-12-15(2)33(13-19(34)14-36-3)23-22-20(31-24(35)32-23)10-9-18(11-29)30-22/h5-10,15,19,21H,4,12-14H2,1-3H3,(H,31,32,35)/t15?,19-,21?/m0/s1. The van der Waals surface area contributed by atoms with Gasteiger partial charge in [-0.15, -0.1) is 0 Å². The fourth-order valence-corrected chi connectivity index (χ4v) is 4.92. The van der Waals surface area contributed by atoms with Gasteiger partial charge in [0.15, 0.2) is 5.82 Å². The average Bonchev–Trinajstić information content (AvgIpc) is 2.85. The average molecular weight is 501 g/mol. The van der Waals surface area contributed by atoms with Crippen LogP contribution >= 0.6 is 0 Å². The van der Waals surface area contributed by atoms with Crippen LogP contribution in [0.3, 0.4) is 0 Å². The molecule has 1 fully saturated rings. The van der Waals surface area contributed by atoms with Crippen LogP contribution in [0.25, 0.3) is 11.0 Å². The number of benzene rings is 1. The number of methoxy groups -OCH3 is 1. The first-order valence-corrected chi connectivity index (χ1v) is 11.7. The van der Waals surface area contributed by atoms with Gasteiger partial charge < -0.3 is 14.6 Å². The second-order valence-electron chi connectivity index (χ2n) is 8.92. The van der Waals surface area contributed by atoms with Crippen molar-refractivity contribution in [3.8, 4) is 6.07 Å². The highest BCUT2D eigenvalue weighted by atomic mass is 19.4. The summed E-state index contributed by atoms with van der Waals surface area (Å²) in [5.41, 5.74) is 0.735. The summed E-state index contributed by atoms with van der Waals surface area (Å²) >= 11 is 0. The minimum atomic E-state index is -4.39. The summed E-state index contributed by atoms with van der Waals surface area (Å²) in [5, 5.41) is 9.31. The van der Waals surface area contributed by atoms with Gasteiger partial charge in [0.2, 0.25) is 0 Å². The molecule has 0 saturated carbocycles. The monoisotopic (exact) mass is 500 g/mol. The first kappa shape index (κ1) is 25.6. The van der Waals surface area contributed by atoms with E-state index in [-0.39, 0.29) is 23.8 Å². The number of hydrogen-bond acceptors (Lipinski definition) is 7. The second kappa shape index (κ2) is 10.2. The van der Waals surface area contributed by atoms with Crippen LogP contribution in [-0.2, 0) is 10.9 Å². The van der Waals surface area contributed by atoms with Crippen LogP contribution in [0.2, 0.25) is 0 Å². The van der Waals surface area contributed by atoms with Crippen molar-refractivity contribution in [3.63, 3.8) is 0 Å². The Hall–Kier alpha value is -3.49. The number of rotatable bonds is 6. The Bertz CT molecular complexity index is 1320. The number of ether oxygens (including phenoxy) is 1. The van der Waals surface area contributed by atoms with Gasteiger partial charge in [-0.1, -0.05) is 19.1 Å². The molecular weight excluding hydrogens is 473 g/mol. The van der Waals surface area contributed by atoms with Crippen molar-refractivity contribution in [2.24, 2.45) is 0 Å². The van der Waals surface area contributed by atoms with Crippen LogP contribution in [0, 0.1) is 11.3 Å². The SMILES string of the molecule is CCC(c1ccc(C(F)(F)F)cc1)N1CC(C)N(c2nc(=O)[nH]c3ccc(C#N)nc23)C[C@H]1COC. The minimum absolute atomic E-state index is 0.105. The number of piperazine rings is 1. The molecule has 36 heavy (non-hydrogen) atoms. The van der Waals surface area contributed by atoms with Gasteiger partial charge in [-0.3, -0.25) is 4.90 Å². The molecule has 0 bridgehead atoms. The van der Waals surface area contributed by atoms with Crippen molar-refractivity contribution in [2.75, 3.05) is 31.7 Å². The number of aromatic nitrogens is 3. The molecular formula is C25H27F3N6O2. The topological polar surface area (TPSA) is 98.1 Å². The van der Waals surface area contributed by atoms with Gasteiger partial charge in [0.05, 0.1) is 23.7 Å². The van der Waals surface area contributed by atoms with Gasteiger partial charge in [0.25, 0.3) is 0 Å². The predicted octanol–water partition coefficient (Wildman–Crippen LogP) is 3.89. The molecule has 0 amide bonds. The molecule has 2 aromatic heterocycles. The number of nitriles is 1. The highest BCUT2D eigenvalue weighted by Crippen LogP contribution is 2.35. The summed E-state index contributed by atoms with van der Waals surface area (Å²) in [5.74, 6) is 0.390. The number of hydrogen-bond donors (Lipinski definition) is 1. The molecule has 1 N–H and O–H groups in total. The smallest absolute Gasteiger partial charge is 0.383 e. The van der Waals surface area contributed by atoms with E-state index in [1.165, 1.54) is 18.2 Å². The van der Waals surface area contributed by atoms with Crippen LogP contribution in [0.5, 0.6) is 0 Å².